The highest BCUT2D eigenvalue weighted by Gasteiger charge is 2.27. The largest absolute Gasteiger partial charge is 0.483 e. The van der Waals surface area contributed by atoms with E-state index in [-0.39, 0.29) is 31.0 Å². The van der Waals surface area contributed by atoms with Gasteiger partial charge in [0.1, 0.15) is 11.8 Å². The lowest BCUT2D eigenvalue weighted by atomic mass is 10.1. The highest BCUT2D eigenvalue weighted by Crippen LogP contribution is 2.22. The van der Waals surface area contributed by atoms with Crippen LogP contribution in [0.5, 0.6) is 5.75 Å². The van der Waals surface area contributed by atoms with Crippen molar-refractivity contribution >= 4 is 23.4 Å². The zero-order chi connectivity index (χ0) is 21.6. The van der Waals surface area contributed by atoms with Gasteiger partial charge in [0, 0.05) is 17.6 Å². The predicted molar refractivity (Wildman–Crippen MR) is 116 cm³/mol. The summed E-state index contributed by atoms with van der Waals surface area (Å²) in [4.78, 5) is 27.1. The van der Waals surface area contributed by atoms with E-state index in [0.717, 1.165) is 16.7 Å². The van der Waals surface area contributed by atoms with E-state index >= 15 is 0 Å². The van der Waals surface area contributed by atoms with Crippen LogP contribution in [0.25, 0.3) is 0 Å². The molecule has 5 nitrogen and oxygen atoms in total. The highest BCUT2D eigenvalue weighted by molar-refractivity contribution is 6.31. The second-order valence-corrected chi connectivity index (χ2v) is 7.85. The summed E-state index contributed by atoms with van der Waals surface area (Å²) in [7, 11) is 0. The van der Waals surface area contributed by atoms with Gasteiger partial charge in [0.25, 0.3) is 5.91 Å². The molecular weight excluding hydrogens is 388 g/mol. The van der Waals surface area contributed by atoms with Gasteiger partial charge in [0.2, 0.25) is 5.91 Å². The van der Waals surface area contributed by atoms with Crippen molar-refractivity contribution in [2.75, 3.05) is 6.61 Å². The summed E-state index contributed by atoms with van der Waals surface area (Å²) in [6.45, 7) is 9.49. The molecule has 0 aromatic heterocycles. The van der Waals surface area contributed by atoms with Gasteiger partial charge in [-0.05, 0) is 63.4 Å². The molecule has 0 bridgehead atoms. The maximum atomic E-state index is 13.0. The zero-order valence-electron chi connectivity index (χ0n) is 17.7. The van der Waals surface area contributed by atoms with Crippen molar-refractivity contribution < 1.29 is 14.3 Å². The predicted octanol–water partition coefficient (Wildman–Crippen LogP) is 4.28. The molecule has 2 amide bonds. The van der Waals surface area contributed by atoms with Gasteiger partial charge in [-0.3, -0.25) is 9.59 Å². The lowest BCUT2D eigenvalue weighted by Crippen LogP contribution is -2.50. The molecule has 2 rings (SSSR count). The van der Waals surface area contributed by atoms with Gasteiger partial charge >= 0.3 is 0 Å². The number of ether oxygens (including phenoxy) is 1. The maximum Gasteiger partial charge on any atom is 0.261 e. The monoisotopic (exact) mass is 416 g/mol. The normalized spacial score (nSPS) is 11.8. The van der Waals surface area contributed by atoms with Crippen molar-refractivity contribution in [1.29, 1.82) is 0 Å². The van der Waals surface area contributed by atoms with Gasteiger partial charge in [-0.1, -0.05) is 41.9 Å². The number of nitrogens with zero attached hydrogens (tertiary/aromatic N) is 1. The summed E-state index contributed by atoms with van der Waals surface area (Å²) in [5, 5.41) is 3.41. The molecule has 1 unspecified atom stereocenters. The van der Waals surface area contributed by atoms with Crippen LogP contribution in [0, 0.1) is 13.8 Å². The van der Waals surface area contributed by atoms with Crippen molar-refractivity contribution in [2.45, 2.75) is 53.2 Å². The Balaban J connectivity index is 2.20. The summed E-state index contributed by atoms with van der Waals surface area (Å²) in [5.74, 6) is 0.166. The Morgan fingerprint density at radius 2 is 1.76 bits per heavy atom. The molecule has 0 radical (unpaired) electrons. The molecule has 6 heteroatoms. The molecule has 0 spiro atoms. The van der Waals surface area contributed by atoms with Crippen LogP contribution in [0.3, 0.4) is 0 Å². The number of amides is 2. The average Bonchev–Trinajstić information content (AvgIpc) is 2.67. The van der Waals surface area contributed by atoms with Gasteiger partial charge < -0.3 is 15.0 Å². The molecule has 2 aromatic rings. The smallest absolute Gasteiger partial charge is 0.261 e. The van der Waals surface area contributed by atoms with Crippen LogP contribution >= 0.6 is 11.6 Å². The molecule has 1 N–H and O–H groups in total. The number of nitrogens with one attached hydrogen (secondary N) is 1. The van der Waals surface area contributed by atoms with Gasteiger partial charge in [0.05, 0.1) is 0 Å². The topological polar surface area (TPSA) is 58.6 Å². The first-order valence-electron chi connectivity index (χ1n) is 9.73. The van der Waals surface area contributed by atoms with Crippen molar-refractivity contribution in [1.82, 2.24) is 10.2 Å². The molecule has 2 aromatic carbocycles. The standard InChI is InChI=1S/C23H29ClN2O3/c1-15(2)25-23(28)18(5)26(13-19-10-6-7-11-20(19)24)22(27)14-29-21-12-8-9-16(3)17(21)4/h6-12,15,18H,13-14H2,1-5H3,(H,25,28). The number of carbonyl (C=O) groups is 2. The lowest BCUT2D eigenvalue weighted by Gasteiger charge is -2.29. The van der Waals surface area contributed by atoms with E-state index < -0.39 is 6.04 Å². The van der Waals surface area contributed by atoms with Crippen LogP contribution in [0.15, 0.2) is 42.5 Å². The third-order valence-corrected chi connectivity index (χ3v) is 5.17. The van der Waals surface area contributed by atoms with Crippen molar-refractivity contribution in [2.24, 2.45) is 0 Å². The van der Waals surface area contributed by atoms with Crippen LogP contribution in [0.2, 0.25) is 5.02 Å². The Hall–Kier alpha value is -2.53. The number of carbonyl (C=O) groups excluding carboxylic acids is 2. The van der Waals surface area contributed by atoms with Crippen molar-refractivity contribution in [3.63, 3.8) is 0 Å². The Kier molecular flexibility index (Phi) is 8.09. The molecule has 0 aliphatic carbocycles. The number of rotatable bonds is 8. The third-order valence-electron chi connectivity index (χ3n) is 4.80. The van der Waals surface area contributed by atoms with E-state index in [0.29, 0.717) is 10.8 Å². The fourth-order valence-corrected chi connectivity index (χ4v) is 3.10. The van der Waals surface area contributed by atoms with Gasteiger partial charge in [-0.15, -0.1) is 0 Å². The molecule has 0 aliphatic heterocycles. The van der Waals surface area contributed by atoms with E-state index in [2.05, 4.69) is 5.32 Å². The minimum Gasteiger partial charge on any atom is -0.483 e. The Morgan fingerprint density at radius 3 is 2.41 bits per heavy atom. The lowest BCUT2D eigenvalue weighted by molar-refractivity contribution is -0.142. The first kappa shape index (κ1) is 22.8. The summed E-state index contributed by atoms with van der Waals surface area (Å²) >= 11 is 6.28. The SMILES string of the molecule is Cc1cccc(OCC(=O)N(Cc2ccccc2Cl)C(C)C(=O)NC(C)C)c1C. The fraction of sp³-hybridized carbons (Fsp3) is 0.391. The molecule has 1 atom stereocenters. The summed E-state index contributed by atoms with van der Waals surface area (Å²) in [5.41, 5.74) is 2.86. The molecule has 0 saturated heterocycles. The maximum absolute atomic E-state index is 13.0. The van der Waals surface area contributed by atoms with Crippen LogP contribution in [-0.2, 0) is 16.1 Å². The van der Waals surface area contributed by atoms with Crippen molar-refractivity contribution in [3.05, 3.63) is 64.2 Å². The van der Waals surface area contributed by atoms with Crippen molar-refractivity contribution in [3.8, 4) is 5.75 Å². The van der Waals surface area contributed by atoms with E-state index in [4.69, 9.17) is 16.3 Å². The number of hydrogen-bond donors (Lipinski definition) is 1. The molecule has 156 valence electrons. The summed E-state index contributed by atoms with van der Waals surface area (Å²) < 4.78 is 5.78. The summed E-state index contributed by atoms with van der Waals surface area (Å²) in [6.07, 6.45) is 0. The first-order chi connectivity index (χ1) is 13.7. The van der Waals surface area contributed by atoms with Crippen LogP contribution in [0.4, 0.5) is 0 Å². The summed E-state index contributed by atoms with van der Waals surface area (Å²) in [6, 6.07) is 12.3. The van der Waals surface area contributed by atoms with Gasteiger partial charge in [-0.25, -0.2) is 0 Å². The third kappa shape index (κ3) is 6.23. The Bertz CT molecular complexity index is 867. The van der Waals surface area contributed by atoms with E-state index in [9.17, 15) is 9.59 Å². The quantitative estimate of drug-likeness (QED) is 0.698. The van der Waals surface area contributed by atoms with Crippen LogP contribution < -0.4 is 10.1 Å². The molecule has 0 saturated carbocycles. The first-order valence-corrected chi connectivity index (χ1v) is 10.1. The van der Waals surface area contributed by atoms with Gasteiger partial charge in [0.15, 0.2) is 6.61 Å². The highest BCUT2D eigenvalue weighted by atomic mass is 35.5. The van der Waals surface area contributed by atoms with Gasteiger partial charge in [-0.2, -0.15) is 0 Å². The molecule has 0 aliphatic rings. The molecule has 29 heavy (non-hydrogen) atoms. The van der Waals surface area contributed by atoms with Crippen LogP contribution in [-0.4, -0.2) is 35.4 Å². The van der Waals surface area contributed by atoms with E-state index in [1.54, 1.807) is 13.0 Å². The average molecular weight is 417 g/mol. The number of benzene rings is 2. The molecule has 0 fully saturated rings. The molecule has 0 heterocycles. The fourth-order valence-electron chi connectivity index (χ4n) is 2.90. The van der Waals surface area contributed by atoms with Crippen LogP contribution in [0.1, 0.15) is 37.5 Å². The Morgan fingerprint density at radius 1 is 1.07 bits per heavy atom. The number of aryl methyl sites for hydroxylation is 1. The van der Waals surface area contributed by atoms with E-state index in [1.807, 2.05) is 64.1 Å². The minimum atomic E-state index is -0.664. The number of hydrogen-bond acceptors (Lipinski definition) is 3. The second-order valence-electron chi connectivity index (χ2n) is 7.44. The number of halogens is 1. The second kappa shape index (κ2) is 10.3. The Labute approximate surface area is 178 Å². The molecular formula is C23H29ClN2O3. The van der Waals surface area contributed by atoms with E-state index in [1.165, 1.54) is 4.90 Å². The minimum absolute atomic E-state index is 0.0200. The zero-order valence-corrected chi connectivity index (χ0v) is 18.4.